The maximum Gasteiger partial charge on any atom is 0.233 e. The van der Waals surface area contributed by atoms with Gasteiger partial charge in [0.2, 0.25) is 21.1 Å². The monoisotopic (exact) mass is 208 g/mol. The van der Waals surface area contributed by atoms with Crippen LogP contribution in [-0.2, 0) is 10.0 Å². The maximum atomic E-state index is 10.7. The van der Waals surface area contributed by atoms with E-state index in [4.69, 9.17) is 0 Å². The van der Waals surface area contributed by atoms with Gasteiger partial charge in [-0.05, 0) is 6.26 Å². The molecule has 0 aliphatic carbocycles. The Morgan fingerprint density at radius 2 is 2.25 bits per heavy atom. The Balaban J connectivity index is 2.78. The molecule has 1 aromatic rings. The maximum absolute atomic E-state index is 10.7. The van der Waals surface area contributed by atoms with Gasteiger partial charge in [-0.1, -0.05) is 11.8 Å². The average Bonchev–Trinajstić information content (AvgIpc) is 2.32. The van der Waals surface area contributed by atoms with E-state index >= 15 is 0 Å². The van der Waals surface area contributed by atoms with Gasteiger partial charge in [0, 0.05) is 0 Å². The molecular formula is C4H8N4O2S2. The molecule has 2 N–H and O–H groups in total. The van der Waals surface area contributed by atoms with Crippen LogP contribution in [0.25, 0.3) is 0 Å². The lowest BCUT2D eigenvalue weighted by atomic mass is 11.1. The number of hydrogen-bond acceptors (Lipinski definition) is 5. The van der Waals surface area contributed by atoms with Crippen molar-refractivity contribution in [1.82, 2.24) is 15.2 Å². The van der Waals surface area contributed by atoms with E-state index < -0.39 is 10.0 Å². The number of anilines is 1. The normalized spacial score (nSPS) is 11.5. The molecule has 0 bridgehead atoms. The largest absolute Gasteiger partial charge is 0.252 e. The number of aromatic nitrogens is 3. The fourth-order valence-corrected chi connectivity index (χ4v) is 1.32. The quantitative estimate of drug-likeness (QED) is 0.677. The predicted molar refractivity (Wildman–Crippen MR) is 46.6 cm³/mol. The second-order valence-corrected chi connectivity index (χ2v) is 4.57. The molecule has 0 amide bonds. The zero-order valence-electron chi connectivity index (χ0n) is 6.53. The Labute approximate surface area is 74.2 Å². The van der Waals surface area contributed by atoms with Crippen LogP contribution < -0.4 is 4.72 Å². The van der Waals surface area contributed by atoms with Crippen molar-refractivity contribution in [3.05, 3.63) is 0 Å². The average molecular weight is 208 g/mol. The molecule has 0 fully saturated rings. The second kappa shape index (κ2) is 3.31. The molecule has 0 spiro atoms. The summed E-state index contributed by atoms with van der Waals surface area (Å²) in [7, 11) is -3.27. The van der Waals surface area contributed by atoms with Gasteiger partial charge in [-0.3, -0.25) is 4.72 Å². The standard InChI is InChI=1S/C4H8N4O2S2/c1-11-4-5-3(6-7-4)8-12(2,9)10/h1-2H3,(H2,5,6,7,8). The summed E-state index contributed by atoms with van der Waals surface area (Å²) >= 11 is 1.33. The van der Waals surface area contributed by atoms with Gasteiger partial charge in [-0.15, -0.1) is 5.10 Å². The van der Waals surface area contributed by atoms with Gasteiger partial charge in [-0.2, -0.15) is 4.98 Å². The Kier molecular flexibility index (Phi) is 2.58. The van der Waals surface area contributed by atoms with Gasteiger partial charge in [0.05, 0.1) is 6.26 Å². The lowest BCUT2D eigenvalue weighted by molar-refractivity contribution is 0.606. The molecule has 0 atom stereocenters. The van der Waals surface area contributed by atoms with E-state index in [2.05, 4.69) is 19.9 Å². The third kappa shape index (κ3) is 2.70. The highest BCUT2D eigenvalue weighted by Gasteiger charge is 2.05. The minimum atomic E-state index is -3.27. The first-order valence-corrected chi connectivity index (χ1v) is 6.07. The highest BCUT2D eigenvalue weighted by atomic mass is 32.2. The number of thioether (sulfide) groups is 1. The molecule has 68 valence electrons. The lowest BCUT2D eigenvalue weighted by Crippen LogP contribution is -2.10. The van der Waals surface area contributed by atoms with E-state index in [-0.39, 0.29) is 5.95 Å². The van der Waals surface area contributed by atoms with Gasteiger partial charge in [0.25, 0.3) is 0 Å². The number of sulfonamides is 1. The van der Waals surface area contributed by atoms with Gasteiger partial charge < -0.3 is 0 Å². The summed E-state index contributed by atoms with van der Waals surface area (Å²) in [5.41, 5.74) is 0. The highest BCUT2D eigenvalue weighted by molar-refractivity contribution is 7.98. The smallest absolute Gasteiger partial charge is 0.233 e. The minimum absolute atomic E-state index is 0.141. The van der Waals surface area contributed by atoms with Gasteiger partial charge in [0.1, 0.15) is 0 Å². The van der Waals surface area contributed by atoms with E-state index in [1.807, 2.05) is 0 Å². The molecule has 0 saturated heterocycles. The third-order valence-electron chi connectivity index (χ3n) is 0.930. The van der Waals surface area contributed by atoms with Crippen molar-refractivity contribution >= 4 is 27.7 Å². The van der Waals surface area contributed by atoms with Gasteiger partial charge >= 0.3 is 0 Å². The number of nitrogens with one attached hydrogen (secondary N) is 2. The molecule has 0 aliphatic rings. The summed E-state index contributed by atoms with van der Waals surface area (Å²) in [6.07, 6.45) is 2.85. The van der Waals surface area contributed by atoms with Crippen LogP contribution in [0.15, 0.2) is 5.16 Å². The molecule has 0 aliphatic heterocycles. The predicted octanol–water partition coefficient (Wildman–Crippen LogP) is -0.102. The number of aromatic amines is 1. The van der Waals surface area contributed by atoms with Crippen molar-refractivity contribution < 1.29 is 8.42 Å². The zero-order valence-corrected chi connectivity index (χ0v) is 8.16. The molecule has 1 aromatic heterocycles. The number of nitrogens with zero attached hydrogens (tertiary/aromatic N) is 2. The van der Waals surface area contributed by atoms with Crippen molar-refractivity contribution in [2.45, 2.75) is 5.16 Å². The third-order valence-corrected chi connectivity index (χ3v) is 2.04. The molecule has 1 rings (SSSR count). The summed E-state index contributed by atoms with van der Waals surface area (Å²) in [4.78, 5) is 3.82. The van der Waals surface area contributed by atoms with Crippen molar-refractivity contribution in [3.8, 4) is 0 Å². The molecule has 0 unspecified atom stereocenters. The Bertz CT molecular complexity index is 357. The molecule has 0 radical (unpaired) electrons. The molecule has 12 heavy (non-hydrogen) atoms. The number of rotatable bonds is 3. The second-order valence-electron chi connectivity index (χ2n) is 2.04. The number of H-pyrrole nitrogens is 1. The van der Waals surface area contributed by atoms with Crippen LogP contribution in [0.1, 0.15) is 0 Å². The number of hydrogen-bond donors (Lipinski definition) is 2. The molecule has 1 heterocycles. The Morgan fingerprint density at radius 1 is 1.58 bits per heavy atom. The molecule has 0 aromatic carbocycles. The fourth-order valence-electron chi connectivity index (χ4n) is 0.559. The minimum Gasteiger partial charge on any atom is -0.252 e. The van der Waals surface area contributed by atoms with E-state index in [1.54, 1.807) is 6.26 Å². The van der Waals surface area contributed by atoms with Crippen molar-refractivity contribution in [2.24, 2.45) is 0 Å². The first-order valence-electron chi connectivity index (χ1n) is 2.95. The summed E-state index contributed by atoms with van der Waals surface area (Å²) in [5, 5.41) is 6.66. The van der Waals surface area contributed by atoms with Crippen LogP contribution >= 0.6 is 11.8 Å². The molecule has 8 heteroatoms. The van der Waals surface area contributed by atoms with Crippen LogP contribution in [0, 0.1) is 0 Å². The summed E-state index contributed by atoms with van der Waals surface area (Å²) in [6, 6.07) is 0. The van der Waals surface area contributed by atoms with E-state index in [9.17, 15) is 8.42 Å². The van der Waals surface area contributed by atoms with Crippen LogP contribution in [0.4, 0.5) is 5.95 Å². The van der Waals surface area contributed by atoms with E-state index in [0.29, 0.717) is 5.16 Å². The summed E-state index contributed by atoms with van der Waals surface area (Å²) < 4.78 is 23.6. The van der Waals surface area contributed by atoms with Crippen molar-refractivity contribution in [3.63, 3.8) is 0 Å². The topological polar surface area (TPSA) is 87.7 Å². The van der Waals surface area contributed by atoms with E-state index in [1.165, 1.54) is 11.8 Å². The van der Waals surface area contributed by atoms with Gasteiger partial charge in [-0.25, -0.2) is 13.5 Å². The highest BCUT2D eigenvalue weighted by Crippen LogP contribution is 2.09. The van der Waals surface area contributed by atoms with Gasteiger partial charge in [0.15, 0.2) is 0 Å². The summed E-state index contributed by atoms with van der Waals surface area (Å²) in [6.45, 7) is 0. The zero-order chi connectivity index (χ0) is 9.19. The van der Waals surface area contributed by atoms with E-state index in [0.717, 1.165) is 6.26 Å². The van der Waals surface area contributed by atoms with Crippen molar-refractivity contribution in [2.75, 3.05) is 17.2 Å². The Hall–Kier alpha value is -0.760. The SMILES string of the molecule is CSc1n[nH]c(NS(C)(=O)=O)n1. The molecule has 6 nitrogen and oxygen atoms in total. The molecular weight excluding hydrogens is 200 g/mol. The van der Waals surface area contributed by atoms with Crippen LogP contribution in [-0.4, -0.2) is 36.1 Å². The lowest BCUT2D eigenvalue weighted by Gasteiger charge is -1.95. The molecule has 0 saturated carbocycles. The first-order chi connectivity index (χ1) is 5.51. The van der Waals surface area contributed by atoms with Crippen LogP contribution in [0.5, 0.6) is 0 Å². The first kappa shape index (κ1) is 9.33. The fraction of sp³-hybridized carbons (Fsp3) is 0.500. The van der Waals surface area contributed by atoms with Crippen LogP contribution in [0.3, 0.4) is 0 Å². The van der Waals surface area contributed by atoms with Crippen molar-refractivity contribution in [1.29, 1.82) is 0 Å². The Morgan fingerprint density at radius 3 is 2.67 bits per heavy atom. The summed E-state index contributed by atoms with van der Waals surface area (Å²) in [5.74, 6) is 0.141. The van der Waals surface area contributed by atoms with Crippen LogP contribution in [0.2, 0.25) is 0 Å².